The standard InChI is InChI=1S/C22H23ClN4O3/c1-13-8-16-17(9-14(13)2)26-7-3-6-25(11-20(26)24-16)21(28)12-27-18-10-15(23)4-5-19(18)30-22(27)29/h4-5,8-10,22,29H,3,6-7,11-12H2,1-2H3. The zero-order valence-electron chi connectivity index (χ0n) is 16.9. The number of aryl methyl sites for hydroxylation is 3. The van der Waals surface area contributed by atoms with E-state index in [1.807, 2.05) is 0 Å². The first-order chi connectivity index (χ1) is 14.4. The van der Waals surface area contributed by atoms with Crippen molar-refractivity contribution in [3.8, 4) is 5.75 Å². The molecular formula is C22H23ClN4O3. The van der Waals surface area contributed by atoms with Crippen LogP contribution < -0.4 is 9.64 Å². The predicted octanol–water partition coefficient (Wildman–Crippen LogP) is 3.21. The molecule has 5 rings (SSSR count). The molecule has 0 aliphatic carbocycles. The summed E-state index contributed by atoms with van der Waals surface area (Å²) in [6, 6.07) is 9.38. The number of nitrogens with zero attached hydrogens (tertiary/aromatic N) is 4. The maximum Gasteiger partial charge on any atom is 0.282 e. The second-order valence-corrected chi connectivity index (χ2v) is 8.39. The molecule has 0 saturated heterocycles. The molecule has 1 atom stereocenters. The van der Waals surface area contributed by atoms with Gasteiger partial charge in [-0.25, -0.2) is 4.98 Å². The molecule has 7 nitrogen and oxygen atoms in total. The summed E-state index contributed by atoms with van der Waals surface area (Å²) in [4.78, 5) is 21.3. The van der Waals surface area contributed by atoms with Crippen LogP contribution in [-0.2, 0) is 17.9 Å². The van der Waals surface area contributed by atoms with Gasteiger partial charge in [0.1, 0.15) is 18.1 Å². The topological polar surface area (TPSA) is 70.8 Å². The van der Waals surface area contributed by atoms with E-state index in [-0.39, 0.29) is 12.5 Å². The maximum absolute atomic E-state index is 13.1. The summed E-state index contributed by atoms with van der Waals surface area (Å²) >= 11 is 6.09. The van der Waals surface area contributed by atoms with Crippen molar-refractivity contribution in [2.45, 2.75) is 39.8 Å². The third kappa shape index (κ3) is 3.18. The Balaban J connectivity index is 1.39. The first kappa shape index (κ1) is 19.2. The van der Waals surface area contributed by atoms with Crippen molar-refractivity contribution in [1.29, 1.82) is 0 Å². The zero-order chi connectivity index (χ0) is 21.0. The number of carbonyl (C=O) groups excluding carboxylic acids is 1. The van der Waals surface area contributed by atoms with Crippen LogP contribution in [-0.4, -0.2) is 45.0 Å². The van der Waals surface area contributed by atoms with E-state index in [1.54, 1.807) is 23.1 Å². The zero-order valence-corrected chi connectivity index (χ0v) is 17.7. The molecule has 1 unspecified atom stereocenters. The first-order valence-electron chi connectivity index (χ1n) is 10.1. The number of fused-ring (bicyclic) bond motifs is 4. The lowest BCUT2D eigenvalue weighted by Gasteiger charge is -2.25. The third-order valence-corrected chi connectivity index (χ3v) is 6.21. The molecule has 0 bridgehead atoms. The Bertz CT molecular complexity index is 1160. The van der Waals surface area contributed by atoms with E-state index in [0.29, 0.717) is 29.5 Å². The van der Waals surface area contributed by atoms with Crippen LogP contribution in [0.4, 0.5) is 5.69 Å². The SMILES string of the molecule is Cc1cc2nc3n(c2cc1C)CCCN(C(=O)CN1c2cc(Cl)ccc2OC1O)C3. The molecule has 0 spiro atoms. The Kier molecular flexibility index (Phi) is 4.60. The second-order valence-electron chi connectivity index (χ2n) is 7.96. The number of halogens is 1. The summed E-state index contributed by atoms with van der Waals surface area (Å²) in [5.41, 5.74) is 5.16. The number of ether oxygens (including phenoxy) is 1. The monoisotopic (exact) mass is 426 g/mol. The molecule has 1 aromatic heterocycles. The van der Waals surface area contributed by atoms with E-state index in [1.165, 1.54) is 16.0 Å². The van der Waals surface area contributed by atoms with Crippen LogP contribution in [0.3, 0.4) is 0 Å². The molecule has 8 heteroatoms. The number of amides is 1. The number of hydrogen-bond acceptors (Lipinski definition) is 5. The Morgan fingerprint density at radius 1 is 1.23 bits per heavy atom. The Morgan fingerprint density at radius 2 is 2.03 bits per heavy atom. The van der Waals surface area contributed by atoms with Crippen molar-refractivity contribution >= 4 is 34.2 Å². The van der Waals surface area contributed by atoms with Gasteiger partial charge in [0.2, 0.25) is 5.91 Å². The van der Waals surface area contributed by atoms with Gasteiger partial charge in [0, 0.05) is 18.1 Å². The lowest BCUT2D eigenvalue weighted by molar-refractivity contribution is -0.131. The summed E-state index contributed by atoms with van der Waals surface area (Å²) in [6.45, 7) is 6.11. The fourth-order valence-electron chi connectivity index (χ4n) is 4.20. The lowest BCUT2D eigenvalue weighted by Crippen LogP contribution is -2.44. The number of imidazole rings is 1. The molecule has 1 amide bonds. The van der Waals surface area contributed by atoms with Gasteiger partial charge >= 0.3 is 0 Å². The Morgan fingerprint density at radius 3 is 2.87 bits per heavy atom. The van der Waals surface area contributed by atoms with Crippen LogP contribution >= 0.6 is 11.6 Å². The van der Waals surface area contributed by atoms with Gasteiger partial charge in [0.25, 0.3) is 6.41 Å². The molecule has 3 heterocycles. The molecule has 2 aliphatic heterocycles. The smallest absolute Gasteiger partial charge is 0.282 e. The molecule has 3 aromatic rings. The molecular weight excluding hydrogens is 404 g/mol. The van der Waals surface area contributed by atoms with Crippen molar-refractivity contribution in [2.24, 2.45) is 0 Å². The lowest BCUT2D eigenvalue weighted by atomic mass is 10.1. The summed E-state index contributed by atoms with van der Waals surface area (Å²) in [6.07, 6.45) is -0.358. The fraction of sp³-hybridized carbons (Fsp3) is 0.364. The fourth-order valence-corrected chi connectivity index (χ4v) is 4.37. The van der Waals surface area contributed by atoms with E-state index < -0.39 is 6.41 Å². The number of hydrogen-bond donors (Lipinski definition) is 1. The van der Waals surface area contributed by atoms with Crippen molar-refractivity contribution in [1.82, 2.24) is 14.5 Å². The number of aromatic nitrogens is 2. The highest BCUT2D eigenvalue weighted by Crippen LogP contribution is 2.38. The molecule has 0 saturated carbocycles. The van der Waals surface area contributed by atoms with Crippen LogP contribution in [0.2, 0.25) is 5.02 Å². The van der Waals surface area contributed by atoms with Crippen molar-refractivity contribution < 1.29 is 14.6 Å². The average Bonchev–Trinajstić information content (AvgIpc) is 3.08. The molecule has 2 aromatic carbocycles. The molecule has 2 aliphatic rings. The Labute approximate surface area is 179 Å². The van der Waals surface area contributed by atoms with Gasteiger partial charge in [-0.2, -0.15) is 0 Å². The van der Waals surface area contributed by atoms with Gasteiger partial charge < -0.3 is 24.2 Å². The van der Waals surface area contributed by atoms with Crippen molar-refractivity contribution in [3.63, 3.8) is 0 Å². The molecule has 0 fully saturated rings. The minimum absolute atomic E-state index is 0.00690. The van der Waals surface area contributed by atoms with Gasteiger partial charge in [-0.05, 0) is 61.7 Å². The minimum atomic E-state index is -1.20. The largest absolute Gasteiger partial charge is 0.445 e. The number of benzene rings is 2. The summed E-state index contributed by atoms with van der Waals surface area (Å²) in [5, 5.41) is 10.8. The van der Waals surface area contributed by atoms with Crippen LogP contribution in [0.1, 0.15) is 23.4 Å². The third-order valence-electron chi connectivity index (χ3n) is 5.97. The number of anilines is 1. The normalized spacial score (nSPS) is 18.2. The summed E-state index contributed by atoms with van der Waals surface area (Å²) in [5.74, 6) is 1.32. The van der Waals surface area contributed by atoms with Gasteiger partial charge in [0.15, 0.2) is 0 Å². The molecule has 156 valence electrons. The highest BCUT2D eigenvalue weighted by molar-refractivity contribution is 6.31. The van der Waals surface area contributed by atoms with Crippen LogP contribution in [0.25, 0.3) is 11.0 Å². The van der Waals surface area contributed by atoms with E-state index in [0.717, 1.165) is 29.8 Å². The minimum Gasteiger partial charge on any atom is -0.445 e. The number of aliphatic hydroxyl groups excluding tert-OH is 1. The first-order valence-corrected chi connectivity index (χ1v) is 10.4. The summed E-state index contributed by atoms with van der Waals surface area (Å²) < 4.78 is 7.66. The van der Waals surface area contributed by atoms with E-state index in [4.69, 9.17) is 21.3 Å². The van der Waals surface area contributed by atoms with Crippen LogP contribution in [0.15, 0.2) is 30.3 Å². The van der Waals surface area contributed by atoms with E-state index in [2.05, 4.69) is 30.5 Å². The average molecular weight is 427 g/mol. The van der Waals surface area contributed by atoms with Crippen molar-refractivity contribution in [3.05, 3.63) is 52.3 Å². The molecule has 30 heavy (non-hydrogen) atoms. The highest BCUT2D eigenvalue weighted by atomic mass is 35.5. The number of aliphatic hydroxyl groups is 1. The Hall–Kier alpha value is -2.77. The predicted molar refractivity (Wildman–Crippen MR) is 115 cm³/mol. The van der Waals surface area contributed by atoms with E-state index >= 15 is 0 Å². The van der Waals surface area contributed by atoms with Crippen LogP contribution in [0, 0.1) is 13.8 Å². The number of rotatable bonds is 2. The van der Waals surface area contributed by atoms with Gasteiger partial charge in [0.05, 0.1) is 23.3 Å². The van der Waals surface area contributed by atoms with Gasteiger partial charge in [-0.1, -0.05) is 11.6 Å². The molecule has 1 N–H and O–H groups in total. The highest BCUT2D eigenvalue weighted by Gasteiger charge is 2.33. The quantitative estimate of drug-likeness (QED) is 0.681. The van der Waals surface area contributed by atoms with Gasteiger partial charge in [-0.15, -0.1) is 0 Å². The van der Waals surface area contributed by atoms with Crippen LogP contribution in [0.5, 0.6) is 5.75 Å². The van der Waals surface area contributed by atoms with Gasteiger partial charge in [-0.3, -0.25) is 4.79 Å². The maximum atomic E-state index is 13.1. The molecule has 0 radical (unpaired) electrons. The number of carbonyl (C=O) groups is 1. The van der Waals surface area contributed by atoms with E-state index in [9.17, 15) is 9.90 Å². The second kappa shape index (κ2) is 7.18. The van der Waals surface area contributed by atoms with Crippen molar-refractivity contribution in [2.75, 3.05) is 18.0 Å². The summed E-state index contributed by atoms with van der Waals surface area (Å²) in [7, 11) is 0.